The second-order valence-corrected chi connectivity index (χ2v) is 11.1. The third-order valence-corrected chi connectivity index (χ3v) is 7.64. The molecule has 0 aliphatic carbocycles. The van der Waals surface area contributed by atoms with E-state index in [1.165, 1.54) is 0 Å². The highest BCUT2D eigenvalue weighted by atomic mass is 79.9. The van der Waals surface area contributed by atoms with Crippen LogP contribution in [0.25, 0.3) is 11.1 Å². The van der Waals surface area contributed by atoms with Crippen LogP contribution in [0.3, 0.4) is 0 Å². The molecule has 2 N–H and O–H groups in total. The summed E-state index contributed by atoms with van der Waals surface area (Å²) in [5, 5.41) is 6.13. The summed E-state index contributed by atoms with van der Waals surface area (Å²) in [6.45, 7) is 11.4. The smallest absolute Gasteiger partial charge is 0.226 e. The van der Waals surface area contributed by atoms with E-state index < -0.39 is 0 Å². The molecule has 2 aromatic rings. The number of rotatable bonds is 5. The standard InChI is InChI=1S/C22H24Br4N2O2/c1-9(2)21(29)27-19-15(25)7-13(23)11(5)17(19)18-12(6)14(24)8-16(26)20(18)28-22(30)10(3)4/h7-10H,1-6H3,(H,27,29)(H,28,30). The maximum Gasteiger partial charge on any atom is 0.226 e. The van der Waals surface area contributed by atoms with Crippen molar-refractivity contribution in [3.63, 3.8) is 0 Å². The molecule has 0 aliphatic heterocycles. The van der Waals surface area contributed by atoms with Crippen molar-refractivity contribution in [2.45, 2.75) is 41.5 Å². The lowest BCUT2D eigenvalue weighted by molar-refractivity contribution is -0.119. The summed E-state index contributed by atoms with van der Waals surface area (Å²) >= 11 is 14.5. The highest BCUT2D eigenvalue weighted by Gasteiger charge is 2.25. The third kappa shape index (κ3) is 5.37. The Morgan fingerprint density at radius 2 is 0.967 bits per heavy atom. The maximum absolute atomic E-state index is 12.6. The highest BCUT2D eigenvalue weighted by Crippen LogP contribution is 2.48. The first-order valence-corrected chi connectivity index (χ1v) is 12.6. The van der Waals surface area contributed by atoms with Crippen LogP contribution in [0.2, 0.25) is 0 Å². The fourth-order valence-corrected chi connectivity index (χ4v) is 5.36. The fraction of sp³-hybridized carbons (Fsp3) is 0.364. The number of carbonyl (C=O) groups excluding carboxylic acids is 2. The van der Waals surface area contributed by atoms with Gasteiger partial charge in [-0.05, 0) is 69.0 Å². The SMILES string of the molecule is Cc1c(Br)cc(Br)c(NC(=O)C(C)C)c1-c1c(C)c(Br)cc(Br)c1NC(=O)C(C)C. The second kappa shape index (κ2) is 10.3. The van der Waals surface area contributed by atoms with Crippen LogP contribution in [0.1, 0.15) is 38.8 Å². The quantitative estimate of drug-likeness (QED) is 0.338. The van der Waals surface area contributed by atoms with Crippen molar-refractivity contribution in [2.24, 2.45) is 11.8 Å². The molecule has 8 heteroatoms. The van der Waals surface area contributed by atoms with Gasteiger partial charge in [0.2, 0.25) is 11.8 Å². The monoisotopic (exact) mass is 664 g/mol. The van der Waals surface area contributed by atoms with Gasteiger partial charge in [-0.1, -0.05) is 59.6 Å². The average Bonchev–Trinajstić information content (AvgIpc) is 2.65. The first-order valence-electron chi connectivity index (χ1n) is 9.46. The molecule has 0 radical (unpaired) electrons. The van der Waals surface area contributed by atoms with Crippen LogP contribution in [0.5, 0.6) is 0 Å². The minimum absolute atomic E-state index is 0.0850. The van der Waals surface area contributed by atoms with E-state index >= 15 is 0 Å². The summed E-state index contributed by atoms with van der Waals surface area (Å²) in [5.41, 5.74) is 4.91. The largest absolute Gasteiger partial charge is 0.324 e. The Kier molecular flexibility index (Phi) is 8.76. The first kappa shape index (κ1) is 25.6. The van der Waals surface area contributed by atoms with Crippen LogP contribution < -0.4 is 10.6 Å². The van der Waals surface area contributed by atoms with Gasteiger partial charge in [-0.3, -0.25) is 9.59 Å². The third-order valence-electron chi connectivity index (χ3n) is 4.75. The Morgan fingerprint density at radius 1 is 0.667 bits per heavy atom. The Hall–Kier alpha value is -0.700. The van der Waals surface area contributed by atoms with Crippen molar-refractivity contribution >= 4 is 86.9 Å². The normalized spacial score (nSPS) is 11.2. The number of nitrogens with one attached hydrogen (secondary N) is 2. The Morgan fingerprint density at radius 3 is 1.23 bits per heavy atom. The maximum atomic E-state index is 12.6. The molecule has 30 heavy (non-hydrogen) atoms. The van der Waals surface area contributed by atoms with E-state index in [9.17, 15) is 9.59 Å². The molecule has 0 heterocycles. The molecule has 0 spiro atoms. The zero-order valence-electron chi connectivity index (χ0n) is 17.6. The predicted octanol–water partition coefficient (Wildman–Crippen LogP) is 8.21. The number of amides is 2. The molecular weight excluding hydrogens is 644 g/mol. The molecule has 0 fully saturated rings. The molecule has 2 amide bonds. The summed E-state index contributed by atoms with van der Waals surface area (Å²) in [7, 11) is 0. The molecule has 0 atom stereocenters. The van der Waals surface area contributed by atoms with E-state index in [2.05, 4.69) is 74.4 Å². The number of carbonyl (C=O) groups is 2. The molecule has 4 nitrogen and oxygen atoms in total. The molecule has 2 rings (SSSR count). The molecule has 0 saturated heterocycles. The lowest BCUT2D eigenvalue weighted by Gasteiger charge is -2.24. The van der Waals surface area contributed by atoms with E-state index in [-0.39, 0.29) is 23.7 Å². The van der Waals surface area contributed by atoms with Crippen molar-refractivity contribution < 1.29 is 9.59 Å². The van der Waals surface area contributed by atoms with Gasteiger partial charge < -0.3 is 10.6 Å². The van der Waals surface area contributed by atoms with Gasteiger partial charge in [-0.15, -0.1) is 0 Å². The van der Waals surface area contributed by atoms with Crippen molar-refractivity contribution in [1.82, 2.24) is 0 Å². The van der Waals surface area contributed by atoms with Crippen LogP contribution in [-0.4, -0.2) is 11.8 Å². The van der Waals surface area contributed by atoms with Crippen LogP contribution in [0, 0.1) is 25.7 Å². The van der Waals surface area contributed by atoms with E-state index in [1.807, 2.05) is 53.7 Å². The highest BCUT2D eigenvalue weighted by molar-refractivity contribution is 9.11. The van der Waals surface area contributed by atoms with Crippen molar-refractivity contribution in [3.05, 3.63) is 41.2 Å². The Balaban J connectivity index is 2.92. The zero-order chi connectivity index (χ0) is 22.9. The van der Waals surface area contributed by atoms with E-state index in [0.717, 1.165) is 40.1 Å². The summed E-state index contributed by atoms with van der Waals surface area (Å²) in [6, 6.07) is 3.84. The molecule has 0 aliphatic rings. The molecule has 0 unspecified atom stereocenters. The summed E-state index contributed by atoms with van der Waals surface area (Å²) in [5.74, 6) is -0.523. The lowest BCUT2D eigenvalue weighted by atomic mass is 9.92. The van der Waals surface area contributed by atoms with Crippen molar-refractivity contribution in [1.29, 1.82) is 0 Å². The van der Waals surface area contributed by atoms with Gasteiger partial charge in [0, 0.05) is 40.9 Å². The second-order valence-electron chi connectivity index (χ2n) is 7.72. The van der Waals surface area contributed by atoms with Crippen molar-refractivity contribution in [2.75, 3.05) is 10.6 Å². The summed E-state index contributed by atoms with van der Waals surface area (Å²) < 4.78 is 3.29. The van der Waals surface area contributed by atoms with Crippen LogP contribution in [0.4, 0.5) is 11.4 Å². The summed E-state index contributed by atoms with van der Waals surface area (Å²) in [6.07, 6.45) is 0. The van der Waals surface area contributed by atoms with Gasteiger partial charge in [0.15, 0.2) is 0 Å². The molecule has 0 aromatic heterocycles. The fourth-order valence-electron chi connectivity index (χ4n) is 2.84. The van der Waals surface area contributed by atoms with Crippen molar-refractivity contribution in [3.8, 4) is 11.1 Å². The lowest BCUT2D eigenvalue weighted by Crippen LogP contribution is -2.20. The minimum atomic E-state index is -0.177. The van der Waals surface area contributed by atoms with Gasteiger partial charge >= 0.3 is 0 Å². The molecule has 0 bridgehead atoms. The molecular formula is C22H24Br4N2O2. The van der Waals surface area contributed by atoms with E-state index in [1.54, 1.807) is 0 Å². The van der Waals surface area contributed by atoms with Gasteiger partial charge in [0.1, 0.15) is 0 Å². The van der Waals surface area contributed by atoms with Crippen LogP contribution >= 0.6 is 63.7 Å². The number of anilines is 2. The Labute approximate surface area is 211 Å². The Bertz CT molecular complexity index is 936. The zero-order valence-corrected chi connectivity index (χ0v) is 24.0. The minimum Gasteiger partial charge on any atom is -0.324 e. The van der Waals surface area contributed by atoms with Crippen LogP contribution in [-0.2, 0) is 9.59 Å². The molecule has 2 aromatic carbocycles. The average molecular weight is 668 g/mol. The van der Waals surface area contributed by atoms with Gasteiger partial charge in [0.25, 0.3) is 0 Å². The molecule has 162 valence electrons. The van der Waals surface area contributed by atoms with Gasteiger partial charge in [-0.2, -0.15) is 0 Å². The number of benzene rings is 2. The molecule has 0 saturated carbocycles. The van der Waals surface area contributed by atoms with Gasteiger partial charge in [-0.25, -0.2) is 0 Å². The van der Waals surface area contributed by atoms with Gasteiger partial charge in [0.05, 0.1) is 11.4 Å². The first-order chi connectivity index (χ1) is 13.9. The summed E-state index contributed by atoms with van der Waals surface area (Å²) in [4.78, 5) is 25.2. The topological polar surface area (TPSA) is 58.2 Å². The van der Waals surface area contributed by atoms with Crippen LogP contribution in [0.15, 0.2) is 30.0 Å². The number of hydrogen-bond acceptors (Lipinski definition) is 2. The van der Waals surface area contributed by atoms with E-state index in [4.69, 9.17) is 0 Å². The predicted molar refractivity (Wildman–Crippen MR) is 139 cm³/mol. The van der Waals surface area contributed by atoms with E-state index in [0.29, 0.717) is 11.4 Å². The number of hydrogen-bond donors (Lipinski definition) is 2. The number of halogens is 4.